The molecule has 0 bridgehead atoms. The number of hydrogen-bond donors (Lipinski definition) is 1. The van der Waals surface area contributed by atoms with Crippen molar-refractivity contribution in [3.8, 4) is 11.1 Å². The molecule has 2 aromatic rings. The number of nitrogens with one attached hydrogen (secondary N) is 1. The third kappa shape index (κ3) is 4.58. The second-order valence-corrected chi connectivity index (χ2v) is 8.57. The first kappa shape index (κ1) is 20.3. The zero-order valence-electron chi connectivity index (χ0n) is 17.8. The molecular weight excluding hydrogens is 314 g/mol. The highest BCUT2D eigenvalue weighted by atomic mass is 14.8. The SMILES string of the molecule is CN/C=C\C(C)(C)c1cc(-c2cc(C(C)C)cc(C(C)C)c2)ccc1C. The summed E-state index contributed by atoms with van der Waals surface area (Å²) in [6.07, 6.45) is 4.27. The molecule has 0 saturated carbocycles. The second kappa shape index (κ2) is 8.12. The number of rotatable bonds is 6. The number of aryl methyl sites for hydroxylation is 1. The maximum atomic E-state index is 3.12. The van der Waals surface area contributed by atoms with Gasteiger partial charge in [0.15, 0.2) is 0 Å². The predicted molar refractivity (Wildman–Crippen MR) is 116 cm³/mol. The molecule has 0 unspecified atom stereocenters. The van der Waals surface area contributed by atoms with Crippen LogP contribution in [0.15, 0.2) is 48.7 Å². The Kier molecular flexibility index (Phi) is 6.34. The van der Waals surface area contributed by atoms with Gasteiger partial charge in [-0.2, -0.15) is 0 Å². The van der Waals surface area contributed by atoms with E-state index in [1.807, 2.05) is 13.2 Å². The first-order valence-corrected chi connectivity index (χ1v) is 9.77. The van der Waals surface area contributed by atoms with Gasteiger partial charge in [0, 0.05) is 12.5 Å². The molecule has 0 aliphatic rings. The number of allylic oxidation sites excluding steroid dienone is 1. The molecular formula is C25H35N. The quantitative estimate of drug-likeness (QED) is 0.597. The Labute approximate surface area is 160 Å². The molecule has 0 amide bonds. The van der Waals surface area contributed by atoms with Gasteiger partial charge >= 0.3 is 0 Å². The van der Waals surface area contributed by atoms with Crippen molar-refractivity contribution in [1.29, 1.82) is 0 Å². The van der Waals surface area contributed by atoms with Crippen molar-refractivity contribution in [3.63, 3.8) is 0 Å². The lowest BCUT2D eigenvalue weighted by Gasteiger charge is -2.24. The third-order valence-corrected chi connectivity index (χ3v) is 5.24. The van der Waals surface area contributed by atoms with Crippen LogP contribution in [0.2, 0.25) is 0 Å². The van der Waals surface area contributed by atoms with Crippen LogP contribution in [0.4, 0.5) is 0 Å². The van der Waals surface area contributed by atoms with Crippen molar-refractivity contribution in [3.05, 3.63) is 70.9 Å². The summed E-state index contributed by atoms with van der Waals surface area (Å²) in [4.78, 5) is 0. The van der Waals surface area contributed by atoms with Crippen LogP contribution in [-0.4, -0.2) is 7.05 Å². The van der Waals surface area contributed by atoms with Crippen molar-refractivity contribution in [2.24, 2.45) is 0 Å². The average Bonchev–Trinajstić information content (AvgIpc) is 2.59. The van der Waals surface area contributed by atoms with Crippen molar-refractivity contribution in [1.82, 2.24) is 5.32 Å². The molecule has 1 heteroatoms. The summed E-state index contributed by atoms with van der Waals surface area (Å²) in [5, 5.41) is 3.12. The maximum absolute atomic E-state index is 3.12. The molecule has 0 radical (unpaired) electrons. The molecule has 0 saturated heterocycles. The van der Waals surface area contributed by atoms with Gasteiger partial charge in [-0.1, -0.05) is 84.0 Å². The van der Waals surface area contributed by atoms with Gasteiger partial charge < -0.3 is 5.32 Å². The van der Waals surface area contributed by atoms with Crippen LogP contribution in [0.1, 0.15) is 75.6 Å². The van der Waals surface area contributed by atoms with E-state index in [1.165, 1.54) is 33.4 Å². The molecule has 1 N–H and O–H groups in total. The Hall–Kier alpha value is -2.02. The van der Waals surface area contributed by atoms with E-state index in [2.05, 4.69) is 96.3 Å². The summed E-state index contributed by atoms with van der Waals surface area (Å²) >= 11 is 0. The zero-order chi connectivity index (χ0) is 19.5. The van der Waals surface area contributed by atoms with Gasteiger partial charge in [0.25, 0.3) is 0 Å². The van der Waals surface area contributed by atoms with E-state index in [0.29, 0.717) is 11.8 Å². The van der Waals surface area contributed by atoms with Gasteiger partial charge in [-0.05, 0) is 58.3 Å². The fourth-order valence-electron chi connectivity index (χ4n) is 3.39. The largest absolute Gasteiger partial charge is 0.394 e. The molecule has 0 atom stereocenters. The van der Waals surface area contributed by atoms with Gasteiger partial charge in [0.1, 0.15) is 0 Å². The summed E-state index contributed by atoms with van der Waals surface area (Å²) < 4.78 is 0. The predicted octanol–water partition coefficient (Wildman–Crippen LogP) is 6.92. The molecule has 0 fully saturated rings. The van der Waals surface area contributed by atoms with E-state index in [1.54, 1.807) is 0 Å². The van der Waals surface area contributed by atoms with Crippen LogP contribution in [0, 0.1) is 6.92 Å². The lowest BCUT2D eigenvalue weighted by molar-refractivity contribution is 0.660. The van der Waals surface area contributed by atoms with Crippen molar-refractivity contribution < 1.29 is 0 Å². The van der Waals surface area contributed by atoms with E-state index in [4.69, 9.17) is 0 Å². The van der Waals surface area contributed by atoms with Crippen LogP contribution in [0.25, 0.3) is 11.1 Å². The van der Waals surface area contributed by atoms with Gasteiger partial charge in [-0.15, -0.1) is 0 Å². The van der Waals surface area contributed by atoms with Crippen LogP contribution < -0.4 is 5.32 Å². The topological polar surface area (TPSA) is 12.0 Å². The molecule has 2 aromatic carbocycles. The van der Waals surface area contributed by atoms with E-state index in [-0.39, 0.29) is 5.41 Å². The first-order valence-electron chi connectivity index (χ1n) is 9.77. The summed E-state index contributed by atoms with van der Waals surface area (Å²) in [6.45, 7) is 15.8. The number of hydrogen-bond acceptors (Lipinski definition) is 1. The maximum Gasteiger partial charge on any atom is 0.00953 e. The number of benzene rings is 2. The summed E-state index contributed by atoms with van der Waals surface area (Å²) in [5.41, 5.74) is 8.17. The van der Waals surface area contributed by atoms with Crippen LogP contribution in [0.5, 0.6) is 0 Å². The van der Waals surface area contributed by atoms with Gasteiger partial charge in [-0.3, -0.25) is 0 Å². The zero-order valence-corrected chi connectivity index (χ0v) is 17.8. The van der Waals surface area contributed by atoms with Gasteiger partial charge in [0.2, 0.25) is 0 Å². The normalized spacial score (nSPS) is 12.4. The first-order chi connectivity index (χ1) is 12.2. The van der Waals surface area contributed by atoms with Crippen molar-refractivity contribution in [2.45, 2.75) is 65.7 Å². The molecule has 0 aliphatic carbocycles. The van der Waals surface area contributed by atoms with E-state index in [0.717, 1.165) is 0 Å². The van der Waals surface area contributed by atoms with Gasteiger partial charge in [0.05, 0.1) is 0 Å². The molecule has 140 valence electrons. The standard InChI is InChI=1S/C25H35N/c1-17(2)21-13-22(18(3)4)15-23(14-21)20-10-9-19(5)24(16-20)25(6,7)11-12-26-8/h9-18,26H,1-8H3/b12-11-. The molecule has 1 nitrogen and oxygen atoms in total. The van der Waals surface area contributed by atoms with Crippen molar-refractivity contribution >= 4 is 0 Å². The minimum absolute atomic E-state index is 0.0142. The Balaban J connectivity index is 2.59. The van der Waals surface area contributed by atoms with E-state index < -0.39 is 0 Å². The van der Waals surface area contributed by atoms with Crippen LogP contribution >= 0.6 is 0 Å². The van der Waals surface area contributed by atoms with E-state index in [9.17, 15) is 0 Å². The molecule has 0 heterocycles. The highest BCUT2D eigenvalue weighted by Crippen LogP contribution is 2.34. The van der Waals surface area contributed by atoms with Crippen LogP contribution in [0.3, 0.4) is 0 Å². The smallest absolute Gasteiger partial charge is 0.00953 e. The fraction of sp³-hybridized carbons (Fsp3) is 0.440. The van der Waals surface area contributed by atoms with Gasteiger partial charge in [-0.25, -0.2) is 0 Å². The second-order valence-electron chi connectivity index (χ2n) is 8.57. The third-order valence-electron chi connectivity index (χ3n) is 5.24. The highest BCUT2D eigenvalue weighted by molar-refractivity contribution is 5.68. The lowest BCUT2D eigenvalue weighted by atomic mass is 9.80. The van der Waals surface area contributed by atoms with Crippen molar-refractivity contribution in [2.75, 3.05) is 7.05 Å². The summed E-state index contributed by atoms with van der Waals surface area (Å²) in [6, 6.07) is 14.0. The molecule has 2 rings (SSSR count). The lowest BCUT2D eigenvalue weighted by Crippen LogP contribution is -2.16. The Morgan fingerprint density at radius 3 is 1.92 bits per heavy atom. The minimum atomic E-state index is -0.0142. The molecule has 26 heavy (non-hydrogen) atoms. The fourth-order valence-corrected chi connectivity index (χ4v) is 3.39. The minimum Gasteiger partial charge on any atom is -0.394 e. The Morgan fingerprint density at radius 2 is 1.42 bits per heavy atom. The van der Waals surface area contributed by atoms with E-state index >= 15 is 0 Å². The Morgan fingerprint density at radius 1 is 0.846 bits per heavy atom. The molecule has 0 spiro atoms. The highest BCUT2D eigenvalue weighted by Gasteiger charge is 2.20. The van der Waals surface area contributed by atoms with Crippen LogP contribution in [-0.2, 0) is 5.41 Å². The summed E-state index contributed by atoms with van der Waals surface area (Å²) in [7, 11) is 1.95. The average molecular weight is 350 g/mol. The Bertz CT molecular complexity index is 752. The summed E-state index contributed by atoms with van der Waals surface area (Å²) in [5.74, 6) is 1.07. The monoisotopic (exact) mass is 349 g/mol. The molecule has 0 aliphatic heterocycles. The molecule has 0 aromatic heterocycles.